The highest BCUT2D eigenvalue weighted by atomic mass is 16.4. The minimum absolute atomic E-state index is 0.265. The molecule has 2 N–H and O–H groups in total. The molecule has 0 unspecified atom stereocenters. The summed E-state index contributed by atoms with van der Waals surface area (Å²) in [7, 11) is 0. The van der Waals surface area contributed by atoms with Crippen LogP contribution in [0.4, 0.5) is 0 Å². The summed E-state index contributed by atoms with van der Waals surface area (Å²) in [5.41, 5.74) is 0. The van der Waals surface area contributed by atoms with Gasteiger partial charge in [-0.2, -0.15) is 0 Å². The van der Waals surface area contributed by atoms with Crippen LogP contribution in [0.15, 0.2) is 0 Å². The van der Waals surface area contributed by atoms with E-state index in [1.807, 2.05) is 5.32 Å². The Bertz CT molecular complexity index is 108. The van der Waals surface area contributed by atoms with Gasteiger partial charge in [0.1, 0.15) is 6.04 Å². The first kappa shape index (κ1) is 6.55. The molecule has 0 amide bonds. The van der Waals surface area contributed by atoms with Gasteiger partial charge in [0.05, 0.1) is 12.5 Å². The van der Waals surface area contributed by atoms with Crippen LogP contribution in [0.25, 0.3) is 0 Å². The van der Waals surface area contributed by atoms with Crippen molar-refractivity contribution in [2.45, 2.75) is 25.3 Å². The van der Waals surface area contributed by atoms with Gasteiger partial charge in [0.25, 0.3) is 0 Å². The minimum atomic E-state index is -0.908. The minimum Gasteiger partial charge on any atom is -0.544 e. The van der Waals surface area contributed by atoms with E-state index in [0.717, 1.165) is 25.8 Å². The molecule has 1 heterocycles. The van der Waals surface area contributed by atoms with Crippen molar-refractivity contribution >= 4 is 5.97 Å². The molecule has 52 valence electrons. The molecule has 0 aromatic carbocycles. The van der Waals surface area contributed by atoms with Crippen LogP contribution in [0.1, 0.15) is 19.3 Å². The van der Waals surface area contributed by atoms with Crippen LogP contribution in [0, 0.1) is 0 Å². The monoisotopic (exact) mass is 129 g/mol. The maximum atomic E-state index is 10.2. The fraction of sp³-hybridized carbons (Fsp3) is 0.833. The predicted molar refractivity (Wildman–Crippen MR) is 29.4 cm³/mol. The van der Waals surface area contributed by atoms with Crippen molar-refractivity contribution < 1.29 is 15.2 Å². The fourth-order valence-electron chi connectivity index (χ4n) is 1.16. The molecule has 0 spiro atoms. The highest BCUT2D eigenvalue weighted by Gasteiger charge is 2.16. The molecule has 0 aliphatic carbocycles. The van der Waals surface area contributed by atoms with Gasteiger partial charge >= 0.3 is 0 Å². The molecule has 1 atom stereocenters. The average Bonchev–Trinajstić information content (AvgIpc) is 1.90. The van der Waals surface area contributed by atoms with Crippen LogP contribution in [-0.4, -0.2) is 18.6 Å². The molecule has 0 saturated carbocycles. The molecule has 3 nitrogen and oxygen atoms in total. The molecule has 3 heteroatoms. The molecule has 1 aliphatic rings. The average molecular weight is 129 g/mol. The van der Waals surface area contributed by atoms with Gasteiger partial charge in [0.2, 0.25) is 0 Å². The molecule has 0 radical (unpaired) electrons. The number of quaternary nitrogens is 1. The maximum absolute atomic E-state index is 10.2. The van der Waals surface area contributed by atoms with Gasteiger partial charge in [-0.1, -0.05) is 0 Å². The lowest BCUT2D eigenvalue weighted by Gasteiger charge is -2.20. The number of carboxylic acid groups (broad SMARTS) is 1. The smallest absolute Gasteiger partial charge is 0.126 e. The largest absolute Gasteiger partial charge is 0.544 e. The topological polar surface area (TPSA) is 56.7 Å². The number of rotatable bonds is 1. The van der Waals surface area contributed by atoms with Crippen molar-refractivity contribution in [3.8, 4) is 0 Å². The highest BCUT2D eigenvalue weighted by Crippen LogP contribution is 1.99. The summed E-state index contributed by atoms with van der Waals surface area (Å²) in [6.45, 7) is 0.943. The van der Waals surface area contributed by atoms with Crippen LogP contribution < -0.4 is 10.4 Å². The summed E-state index contributed by atoms with van der Waals surface area (Å²) >= 11 is 0. The van der Waals surface area contributed by atoms with Gasteiger partial charge in [-0.05, 0) is 12.8 Å². The normalized spacial score (nSPS) is 27.8. The van der Waals surface area contributed by atoms with E-state index in [2.05, 4.69) is 0 Å². The summed E-state index contributed by atoms with van der Waals surface area (Å²) < 4.78 is 0. The third kappa shape index (κ3) is 1.68. The van der Waals surface area contributed by atoms with Crippen LogP contribution >= 0.6 is 0 Å². The Morgan fingerprint density at radius 2 is 2.33 bits per heavy atom. The molecule has 0 aromatic heterocycles. The van der Waals surface area contributed by atoms with Gasteiger partial charge in [-0.15, -0.1) is 0 Å². The van der Waals surface area contributed by atoms with Gasteiger partial charge < -0.3 is 15.2 Å². The fourth-order valence-corrected chi connectivity index (χ4v) is 1.16. The maximum Gasteiger partial charge on any atom is 0.126 e. The number of carbonyl (C=O) groups is 1. The molecular formula is C6H11NO2. The van der Waals surface area contributed by atoms with E-state index >= 15 is 0 Å². The van der Waals surface area contributed by atoms with E-state index < -0.39 is 5.97 Å². The first-order valence-corrected chi connectivity index (χ1v) is 3.35. The lowest BCUT2D eigenvalue weighted by atomic mass is 10.1. The predicted octanol–water partition coefficient (Wildman–Crippen LogP) is -2.15. The molecular weight excluding hydrogens is 118 g/mol. The number of carboxylic acids is 1. The van der Waals surface area contributed by atoms with Gasteiger partial charge in [-0.25, -0.2) is 0 Å². The van der Waals surface area contributed by atoms with Crippen molar-refractivity contribution in [1.29, 1.82) is 0 Å². The van der Waals surface area contributed by atoms with Gasteiger partial charge in [0.15, 0.2) is 0 Å². The Kier molecular flexibility index (Phi) is 2.05. The van der Waals surface area contributed by atoms with Crippen molar-refractivity contribution in [1.82, 2.24) is 0 Å². The molecule has 1 aliphatic heterocycles. The number of nitrogens with two attached hydrogens (primary N) is 1. The molecule has 1 rings (SSSR count). The van der Waals surface area contributed by atoms with Crippen LogP contribution in [0.2, 0.25) is 0 Å². The lowest BCUT2D eigenvalue weighted by Crippen LogP contribution is -2.94. The molecule has 0 bridgehead atoms. The van der Waals surface area contributed by atoms with Crippen molar-refractivity contribution in [3.05, 3.63) is 0 Å². The number of carbonyl (C=O) groups excluding carboxylic acids is 1. The van der Waals surface area contributed by atoms with E-state index in [1.165, 1.54) is 0 Å². The molecule has 1 fully saturated rings. The highest BCUT2D eigenvalue weighted by molar-refractivity contribution is 5.69. The van der Waals surface area contributed by atoms with E-state index in [-0.39, 0.29) is 6.04 Å². The number of hydrogen-bond acceptors (Lipinski definition) is 2. The van der Waals surface area contributed by atoms with Crippen molar-refractivity contribution in [2.75, 3.05) is 6.54 Å². The Labute approximate surface area is 54.1 Å². The standard InChI is InChI=1S/C6H11NO2/c8-6(9)5-3-1-2-4-7-5/h5,7H,1-4H2,(H,8,9)/t5-/m1/s1. The Hall–Kier alpha value is -0.570. The Balaban J connectivity index is 2.31. The summed E-state index contributed by atoms with van der Waals surface area (Å²) in [5.74, 6) is -0.908. The summed E-state index contributed by atoms with van der Waals surface area (Å²) in [5, 5.41) is 12.1. The zero-order chi connectivity index (χ0) is 6.69. The summed E-state index contributed by atoms with van der Waals surface area (Å²) in [6, 6.07) is -0.265. The third-order valence-electron chi connectivity index (χ3n) is 1.72. The van der Waals surface area contributed by atoms with Crippen molar-refractivity contribution in [3.63, 3.8) is 0 Å². The zero-order valence-electron chi connectivity index (χ0n) is 5.30. The van der Waals surface area contributed by atoms with E-state index in [0.29, 0.717) is 0 Å². The third-order valence-corrected chi connectivity index (χ3v) is 1.72. The van der Waals surface area contributed by atoms with E-state index in [9.17, 15) is 9.90 Å². The summed E-state index contributed by atoms with van der Waals surface area (Å²) in [6.07, 6.45) is 2.96. The number of aliphatic carboxylic acids is 1. The first-order valence-electron chi connectivity index (χ1n) is 3.35. The van der Waals surface area contributed by atoms with Gasteiger partial charge in [-0.3, -0.25) is 0 Å². The molecule has 0 aromatic rings. The van der Waals surface area contributed by atoms with E-state index in [1.54, 1.807) is 0 Å². The van der Waals surface area contributed by atoms with Gasteiger partial charge in [0, 0.05) is 6.42 Å². The number of hydrogen-bond donors (Lipinski definition) is 1. The zero-order valence-corrected chi connectivity index (χ0v) is 5.30. The number of piperidine rings is 1. The molecule has 1 saturated heterocycles. The van der Waals surface area contributed by atoms with Crippen molar-refractivity contribution in [2.24, 2.45) is 0 Å². The molecule has 9 heavy (non-hydrogen) atoms. The van der Waals surface area contributed by atoms with Crippen LogP contribution in [0.3, 0.4) is 0 Å². The summed E-state index contributed by atoms with van der Waals surface area (Å²) in [4.78, 5) is 10.2. The van der Waals surface area contributed by atoms with Crippen LogP contribution in [0.5, 0.6) is 0 Å². The second-order valence-electron chi connectivity index (χ2n) is 2.45. The first-order chi connectivity index (χ1) is 4.30. The second kappa shape index (κ2) is 2.82. The van der Waals surface area contributed by atoms with E-state index in [4.69, 9.17) is 0 Å². The second-order valence-corrected chi connectivity index (χ2v) is 2.45. The Morgan fingerprint density at radius 1 is 1.56 bits per heavy atom. The Morgan fingerprint density at radius 3 is 2.67 bits per heavy atom. The SMILES string of the molecule is O=C([O-])[C@H]1CCCC[NH2+]1. The quantitative estimate of drug-likeness (QED) is 0.439. The lowest BCUT2D eigenvalue weighted by molar-refractivity contribution is -0.691. The van der Waals surface area contributed by atoms with Crippen LogP contribution in [-0.2, 0) is 4.79 Å².